The number of methoxy groups -OCH3 is 1. The fourth-order valence-corrected chi connectivity index (χ4v) is 2.39. The van der Waals surface area contributed by atoms with Crippen LogP contribution >= 0.6 is 0 Å². The zero-order valence-electron chi connectivity index (χ0n) is 13.5. The molecule has 5 nitrogen and oxygen atoms in total. The van der Waals surface area contributed by atoms with Gasteiger partial charge in [0.1, 0.15) is 5.75 Å². The van der Waals surface area contributed by atoms with E-state index in [9.17, 15) is 4.79 Å². The first-order valence-electron chi connectivity index (χ1n) is 7.64. The number of rotatable bonds is 5. The second-order valence-corrected chi connectivity index (χ2v) is 5.41. The standard InChI is InChI=1S/C19H18N2O3/c1-13(14-7-4-3-5-8-14)20-19(22)17-12-18(24-21-17)15-9-6-10-16(11-15)23-2/h3-13H,1-2H3,(H,20,22). The lowest BCUT2D eigenvalue weighted by molar-refractivity contribution is 0.0931. The maximum atomic E-state index is 12.3. The van der Waals surface area contributed by atoms with Gasteiger partial charge in [0.25, 0.3) is 5.91 Å². The third kappa shape index (κ3) is 3.46. The molecule has 3 rings (SSSR count). The molecule has 3 aromatic rings. The molecule has 24 heavy (non-hydrogen) atoms. The van der Waals surface area contributed by atoms with Gasteiger partial charge in [0, 0.05) is 11.6 Å². The highest BCUT2D eigenvalue weighted by Gasteiger charge is 2.16. The number of amides is 1. The Kier molecular flexibility index (Phi) is 4.61. The second-order valence-electron chi connectivity index (χ2n) is 5.41. The molecule has 1 atom stereocenters. The van der Waals surface area contributed by atoms with E-state index < -0.39 is 0 Å². The fourth-order valence-electron chi connectivity index (χ4n) is 2.39. The van der Waals surface area contributed by atoms with E-state index in [0.717, 1.165) is 11.1 Å². The number of hydrogen-bond donors (Lipinski definition) is 1. The van der Waals surface area contributed by atoms with E-state index in [1.54, 1.807) is 13.2 Å². The predicted octanol–water partition coefficient (Wildman–Crippen LogP) is 3.84. The van der Waals surface area contributed by atoms with Gasteiger partial charge in [0.2, 0.25) is 0 Å². The van der Waals surface area contributed by atoms with E-state index in [1.165, 1.54) is 0 Å². The number of carbonyl (C=O) groups excluding carboxylic acids is 1. The lowest BCUT2D eigenvalue weighted by atomic mass is 10.1. The zero-order valence-corrected chi connectivity index (χ0v) is 13.5. The number of ether oxygens (including phenoxy) is 1. The Morgan fingerprint density at radius 3 is 2.67 bits per heavy atom. The average molecular weight is 322 g/mol. The van der Waals surface area contributed by atoms with E-state index in [2.05, 4.69) is 10.5 Å². The van der Waals surface area contributed by atoms with Crippen molar-refractivity contribution in [3.8, 4) is 17.1 Å². The van der Waals surface area contributed by atoms with E-state index >= 15 is 0 Å². The largest absolute Gasteiger partial charge is 0.497 e. The Hall–Kier alpha value is -3.08. The quantitative estimate of drug-likeness (QED) is 0.775. The van der Waals surface area contributed by atoms with Gasteiger partial charge in [-0.05, 0) is 24.6 Å². The Bertz CT molecular complexity index is 827. The summed E-state index contributed by atoms with van der Waals surface area (Å²) in [4.78, 5) is 12.3. The number of aromatic nitrogens is 1. The van der Waals surface area contributed by atoms with Gasteiger partial charge in [-0.25, -0.2) is 0 Å². The molecule has 0 saturated heterocycles. The second kappa shape index (κ2) is 7.00. The molecule has 2 aromatic carbocycles. The summed E-state index contributed by atoms with van der Waals surface area (Å²) in [6, 6.07) is 18.7. The molecule has 0 aliphatic rings. The van der Waals surface area contributed by atoms with Gasteiger partial charge in [-0.15, -0.1) is 0 Å². The molecule has 0 aliphatic carbocycles. The van der Waals surface area contributed by atoms with Crippen molar-refractivity contribution in [2.75, 3.05) is 7.11 Å². The SMILES string of the molecule is COc1cccc(-c2cc(C(=O)NC(C)c3ccccc3)no2)c1. The van der Waals surface area contributed by atoms with Crippen molar-refractivity contribution >= 4 is 5.91 Å². The van der Waals surface area contributed by atoms with Crippen molar-refractivity contribution in [1.29, 1.82) is 0 Å². The topological polar surface area (TPSA) is 64.4 Å². The van der Waals surface area contributed by atoms with E-state index in [0.29, 0.717) is 11.5 Å². The third-order valence-corrected chi connectivity index (χ3v) is 3.74. The maximum absolute atomic E-state index is 12.3. The highest BCUT2D eigenvalue weighted by Crippen LogP contribution is 2.24. The van der Waals surface area contributed by atoms with Crippen LogP contribution in [-0.4, -0.2) is 18.2 Å². The van der Waals surface area contributed by atoms with Crippen molar-refractivity contribution in [2.45, 2.75) is 13.0 Å². The summed E-state index contributed by atoms with van der Waals surface area (Å²) < 4.78 is 10.5. The van der Waals surface area contributed by atoms with Crippen LogP contribution in [-0.2, 0) is 0 Å². The van der Waals surface area contributed by atoms with Crippen LogP contribution in [0.1, 0.15) is 29.0 Å². The van der Waals surface area contributed by atoms with Crippen molar-refractivity contribution < 1.29 is 14.1 Å². The summed E-state index contributed by atoms with van der Waals surface area (Å²) >= 11 is 0. The smallest absolute Gasteiger partial charge is 0.273 e. The van der Waals surface area contributed by atoms with Crippen LogP contribution in [0.4, 0.5) is 0 Å². The van der Waals surface area contributed by atoms with Gasteiger partial charge in [-0.1, -0.05) is 47.6 Å². The molecular weight excluding hydrogens is 304 g/mol. The number of hydrogen-bond acceptors (Lipinski definition) is 4. The van der Waals surface area contributed by atoms with Crippen LogP contribution in [0.15, 0.2) is 65.2 Å². The molecule has 122 valence electrons. The molecule has 0 fully saturated rings. The lowest BCUT2D eigenvalue weighted by Crippen LogP contribution is -2.26. The van der Waals surface area contributed by atoms with Gasteiger partial charge < -0.3 is 14.6 Å². The van der Waals surface area contributed by atoms with Crippen LogP contribution in [0.25, 0.3) is 11.3 Å². The van der Waals surface area contributed by atoms with Crippen LogP contribution in [0.5, 0.6) is 5.75 Å². The Morgan fingerprint density at radius 1 is 1.12 bits per heavy atom. The minimum Gasteiger partial charge on any atom is -0.497 e. The summed E-state index contributed by atoms with van der Waals surface area (Å²) in [5, 5.41) is 6.78. The minimum atomic E-state index is -0.274. The Balaban J connectivity index is 1.74. The van der Waals surface area contributed by atoms with Crippen LogP contribution in [0, 0.1) is 0 Å². The van der Waals surface area contributed by atoms with Gasteiger partial charge in [0.15, 0.2) is 11.5 Å². The summed E-state index contributed by atoms with van der Waals surface area (Å²) in [7, 11) is 1.60. The number of nitrogens with zero attached hydrogens (tertiary/aromatic N) is 1. The first kappa shape index (κ1) is 15.8. The predicted molar refractivity (Wildman–Crippen MR) is 90.8 cm³/mol. The van der Waals surface area contributed by atoms with E-state index in [1.807, 2.05) is 61.5 Å². The van der Waals surface area contributed by atoms with Gasteiger partial charge in [0.05, 0.1) is 13.2 Å². The van der Waals surface area contributed by atoms with Crippen LogP contribution < -0.4 is 10.1 Å². The summed E-state index contributed by atoms with van der Waals surface area (Å²) in [5.74, 6) is 0.961. The molecule has 0 bridgehead atoms. The number of benzene rings is 2. The molecule has 1 N–H and O–H groups in total. The molecule has 0 radical (unpaired) electrons. The third-order valence-electron chi connectivity index (χ3n) is 3.74. The Morgan fingerprint density at radius 2 is 1.92 bits per heavy atom. The highest BCUT2D eigenvalue weighted by atomic mass is 16.5. The van der Waals surface area contributed by atoms with Crippen molar-refractivity contribution in [3.05, 3.63) is 71.9 Å². The molecular formula is C19H18N2O3. The van der Waals surface area contributed by atoms with Gasteiger partial charge in [-0.3, -0.25) is 4.79 Å². The summed E-state index contributed by atoms with van der Waals surface area (Å²) in [6.07, 6.45) is 0. The number of nitrogens with one attached hydrogen (secondary N) is 1. The molecule has 1 amide bonds. The monoisotopic (exact) mass is 322 g/mol. The lowest BCUT2D eigenvalue weighted by Gasteiger charge is -2.12. The van der Waals surface area contributed by atoms with Gasteiger partial charge >= 0.3 is 0 Å². The average Bonchev–Trinajstić information content (AvgIpc) is 3.13. The van der Waals surface area contributed by atoms with Gasteiger partial charge in [-0.2, -0.15) is 0 Å². The molecule has 1 unspecified atom stereocenters. The van der Waals surface area contributed by atoms with E-state index in [-0.39, 0.29) is 17.6 Å². The van der Waals surface area contributed by atoms with Crippen molar-refractivity contribution in [3.63, 3.8) is 0 Å². The van der Waals surface area contributed by atoms with E-state index in [4.69, 9.17) is 9.26 Å². The van der Waals surface area contributed by atoms with Crippen LogP contribution in [0.2, 0.25) is 0 Å². The zero-order chi connectivity index (χ0) is 16.9. The minimum absolute atomic E-state index is 0.115. The normalized spacial score (nSPS) is 11.8. The first-order valence-corrected chi connectivity index (χ1v) is 7.64. The Labute approximate surface area is 140 Å². The maximum Gasteiger partial charge on any atom is 0.273 e. The van der Waals surface area contributed by atoms with Crippen LogP contribution in [0.3, 0.4) is 0 Å². The highest BCUT2D eigenvalue weighted by molar-refractivity contribution is 5.93. The number of carbonyl (C=O) groups is 1. The fraction of sp³-hybridized carbons (Fsp3) is 0.158. The molecule has 0 aliphatic heterocycles. The molecule has 0 saturated carbocycles. The summed E-state index contributed by atoms with van der Waals surface area (Å²) in [6.45, 7) is 1.93. The molecule has 1 heterocycles. The van der Waals surface area contributed by atoms with Crippen molar-refractivity contribution in [1.82, 2.24) is 10.5 Å². The van der Waals surface area contributed by atoms with Crippen molar-refractivity contribution in [2.24, 2.45) is 0 Å². The first-order chi connectivity index (χ1) is 11.7. The molecule has 0 spiro atoms. The molecule has 5 heteroatoms. The molecule has 1 aromatic heterocycles. The summed E-state index contributed by atoms with van der Waals surface area (Å²) in [5.41, 5.74) is 2.08.